The Kier molecular flexibility index (Phi) is 2.06. The molecule has 66 valence electrons. The molecule has 2 rings (SSSR count). The topological polar surface area (TPSA) is 38.7 Å². The van der Waals surface area contributed by atoms with Crippen molar-refractivity contribution in [1.82, 2.24) is 15.0 Å². The van der Waals surface area contributed by atoms with Crippen LogP contribution in [0.25, 0.3) is 11.3 Å². The molecule has 0 radical (unpaired) electrons. The fraction of sp³-hybridized carbons (Fsp3) is 0.222. The molecule has 13 heavy (non-hydrogen) atoms. The minimum atomic E-state index is 0.990. The highest BCUT2D eigenvalue weighted by Crippen LogP contribution is 2.25. The molecule has 2 heterocycles. The number of nitrogens with zero attached hydrogens (tertiary/aromatic N) is 3. The Morgan fingerprint density at radius 1 is 1.15 bits per heavy atom. The van der Waals surface area contributed by atoms with Crippen molar-refractivity contribution in [3.05, 3.63) is 28.6 Å². The van der Waals surface area contributed by atoms with Gasteiger partial charge in [-0.15, -0.1) is 11.3 Å². The Hall–Kier alpha value is -1.29. The van der Waals surface area contributed by atoms with E-state index in [-0.39, 0.29) is 0 Å². The van der Waals surface area contributed by atoms with Crippen LogP contribution in [0.3, 0.4) is 0 Å². The Balaban J connectivity index is 2.53. The van der Waals surface area contributed by atoms with Gasteiger partial charge in [0.15, 0.2) is 0 Å². The highest BCUT2D eigenvalue weighted by atomic mass is 32.1. The number of aromatic nitrogens is 3. The molecule has 0 fully saturated rings. The standard InChI is InChI=1S/C9H9N3S/c1-6-9(12-7(2)13-6)8-3-10-5-11-4-8/h3-5H,1-2H3. The van der Waals surface area contributed by atoms with Crippen molar-refractivity contribution in [1.29, 1.82) is 0 Å². The summed E-state index contributed by atoms with van der Waals surface area (Å²) in [6.07, 6.45) is 5.10. The lowest BCUT2D eigenvalue weighted by molar-refractivity contribution is 1.16. The molecule has 0 spiro atoms. The Labute approximate surface area is 80.5 Å². The third-order valence-electron chi connectivity index (χ3n) is 1.74. The van der Waals surface area contributed by atoms with Crippen LogP contribution in [0, 0.1) is 13.8 Å². The first-order valence-electron chi connectivity index (χ1n) is 3.97. The molecule has 0 unspecified atom stereocenters. The van der Waals surface area contributed by atoms with Crippen LogP contribution in [0.4, 0.5) is 0 Å². The first kappa shape index (κ1) is 8.31. The summed E-state index contributed by atoms with van der Waals surface area (Å²) in [5.41, 5.74) is 1.99. The average Bonchev–Trinajstić information content (AvgIpc) is 2.47. The van der Waals surface area contributed by atoms with Crippen molar-refractivity contribution in [2.45, 2.75) is 13.8 Å². The largest absolute Gasteiger partial charge is 0.244 e. The third kappa shape index (κ3) is 1.58. The molecule has 0 aliphatic carbocycles. The molecule has 0 bridgehead atoms. The third-order valence-corrected chi connectivity index (χ3v) is 2.62. The SMILES string of the molecule is Cc1nc(-c2cncnc2)c(C)s1. The minimum absolute atomic E-state index is 0.990. The van der Waals surface area contributed by atoms with Crippen LogP contribution in [0.15, 0.2) is 18.7 Å². The average molecular weight is 191 g/mol. The van der Waals surface area contributed by atoms with E-state index in [0.717, 1.165) is 16.3 Å². The van der Waals surface area contributed by atoms with Gasteiger partial charge in [-0.1, -0.05) is 0 Å². The zero-order valence-corrected chi connectivity index (χ0v) is 8.30. The lowest BCUT2D eigenvalue weighted by Gasteiger charge is -1.94. The number of hydrogen-bond donors (Lipinski definition) is 0. The van der Waals surface area contributed by atoms with E-state index in [0.29, 0.717) is 0 Å². The first-order chi connectivity index (χ1) is 6.27. The van der Waals surface area contributed by atoms with Gasteiger partial charge >= 0.3 is 0 Å². The summed E-state index contributed by atoms with van der Waals surface area (Å²) >= 11 is 1.70. The second-order valence-corrected chi connectivity index (χ2v) is 4.17. The monoisotopic (exact) mass is 191 g/mol. The molecule has 0 amide bonds. The van der Waals surface area contributed by atoms with E-state index in [1.54, 1.807) is 23.7 Å². The van der Waals surface area contributed by atoms with Gasteiger partial charge in [0, 0.05) is 22.8 Å². The highest BCUT2D eigenvalue weighted by molar-refractivity contribution is 7.11. The summed E-state index contributed by atoms with van der Waals surface area (Å²) in [5.74, 6) is 0. The molecular weight excluding hydrogens is 182 g/mol. The predicted molar refractivity (Wildman–Crippen MR) is 52.6 cm³/mol. The van der Waals surface area contributed by atoms with Crippen molar-refractivity contribution < 1.29 is 0 Å². The van der Waals surface area contributed by atoms with Crippen LogP contribution in [-0.2, 0) is 0 Å². The summed E-state index contributed by atoms with van der Waals surface area (Å²) in [6, 6.07) is 0. The van der Waals surface area contributed by atoms with E-state index in [1.165, 1.54) is 11.2 Å². The van der Waals surface area contributed by atoms with Crippen molar-refractivity contribution in [3.63, 3.8) is 0 Å². The maximum Gasteiger partial charge on any atom is 0.115 e. The molecule has 0 aliphatic heterocycles. The van der Waals surface area contributed by atoms with Gasteiger partial charge in [0.05, 0.1) is 10.7 Å². The van der Waals surface area contributed by atoms with Gasteiger partial charge in [-0.2, -0.15) is 0 Å². The molecule has 0 saturated heterocycles. The first-order valence-corrected chi connectivity index (χ1v) is 4.78. The van der Waals surface area contributed by atoms with E-state index in [4.69, 9.17) is 0 Å². The molecular formula is C9H9N3S. The fourth-order valence-electron chi connectivity index (χ4n) is 1.22. The van der Waals surface area contributed by atoms with Crippen LogP contribution in [0.5, 0.6) is 0 Å². The predicted octanol–water partition coefficient (Wildman–Crippen LogP) is 2.22. The van der Waals surface area contributed by atoms with E-state index in [1.807, 2.05) is 6.92 Å². The smallest absolute Gasteiger partial charge is 0.115 e. The van der Waals surface area contributed by atoms with Gasteiger partial charge in [0.25, 0.3) is 0 Å². The fourth-order valence-corrected chi connectivity index (χ4v) is 2.06. The van der Waals surface area contributed by atoms with E-state index >= 15 is 0 Å². The van der Waals surface area contributed by atoms with Crippen molar-refractivity contribution in [2.75, 3.05) is 0 Å². The molecule has 4 heteroatoms. The highest BCUT2D eigenvalue weighted by Gasteiger charge is 2.06. The number of hydrogen-bond acceptors (Lipinski definition) is 4. The molecule has 0 N–H and O–H groups in total. The van der Waals surface area contributed by atoms with E-state index in [9.17, 15) is 0 Å². The van der Waals surface area contributed by atoms with Gasteiger partial charge in [0.1, 0.15) is 6.33 Å². The van der Waals surface area contributed by atoms with E-state index in [2.05, 4.69) is 21.9 Å². The lowest BCUT2D eigenvalue weighted by Crippen LogP contribution is -1.83. The minimum Gasteiger partial charge on any atom is -0.244 e. The summed E-state index contributed by atoms with van der Waals surface area (Å²) in [7, 11) is 0. The molecule has 0 saturated carbocycles. The van der Waals surface area contributed by atoms with Crippen LogP contribution < -0.4 is 0 Å². The summed E-state index contributed by atoms with van der Waals surface area (Å²) in [4.78, 5) is 13.6. The second kappa shape index (κ2) is 3.22. The van der Waals surface area contributed by atoms with Crippen molar-refractivity contribution in [2.24, 2.45) is 0 Å². The van der Waals surface area contributed by atoms with Gasteiger partial charge in [0.2, 0.25) is 0 Å². The number of rotatable bonds is 1. The van der Waals surface area contributed by atoms with E-state index < -0.39 is 0 Å². The van der Waals surface area contributed by atoms with Crippen LogP contribution in [0.1, 0.15) is 9.88 Å². The maximum absolute atomic E-state index is 4.42. The maximum atomic E-state index is 4.42. The Bertz CT molecular complexity index is 408. The number of thiazole rings is 1. The van der Waals surface area contributed by atoms with Crippen molar-refractivity contribution >= 4 is 11.3 Å². The molecule has 0 atom stereocenters. The molecule has 2 aromatic rings. The normalized spacial score (nSPS) is 10.3. The lowest BCUT2D eigenvalue weighted by atomic mass is 10.2. The quantitative estimate of drug-likeness (QED) is 0.693. The zero-order valence-electron chi connectivity index (χ0n) is 7.48. The van der Waals surface area contributed by atoms with Gasteiger partial charge in [-0.3, -0.25) is 0 Å². The Morgan fingerprint density at radius 3 is 2.38 bits per heavy atom. The molecule has 2 aromatic heterocycles. The summed E-state index contributed by atoms with van der Waals surface area (Å²) in [6.45, 7) is 4.07. The Morgan fingerprint density at radius 2 is 1.85 bits per heavy atom. The van der Waals surface area contributed by atoms with Crippen LogP contribution >= 0.6 is 11.3 Å². The van der Waals surface area contributed by atoms with Crippen LogP contribution in [0.2, 0.25) is 0 Å². The number of aryl methyl sites for hydroxylation is 2. The molecule has 0 aromatic carbocycles. The van der Waals surface area contributed by atoms with Crippen molar-refractivity contribution in [3.8, 4) is 11.3 Å². The summed E-state index contributed by atoms with van der Waals surface area (Å²) in [5, 5.41) is 1.08. The molecule has 3 nitrogen and oxygen atoms in total. The van der Waals surface area contributed by atoms with Gasteiger partial charge in [-0.05, 0) is 13.8 Å². The molecule has 0 aliphatic rings. The van der Waals surface area contributed by atoms with Gasteiger partial charge in [-0.25, -0.2) is 15.0 Å². The zero-order chi connectivity index (χ0) is 9.26. The van der Waals surface area contributed by atoms with Crippen LogP contribution in [-0.4, -0.2) is 15.0 Å². The second-order valence-electron chi connectivity index (χ2n) is 2.76. The summed E-state index contributed by atoms with van der Waals surface area (Å²) < 4.78 is 0. The van der Waals surface area contributed by atoms with Gasteiger partial charge < -0.3 is 0 Å².